The fraction of sp³-hybridized carbons (Fsp3) is 0.263. The molecule has 0 fully saturated rings. The standard InChI is InChI=1S/C19H17ClFN3O4/c1-2-3-8-27-18(25)11-28-17-10-16(14(21)9-13(17)20)24-19(26)12-6-4-5-7-15(12)22-23-24/h4-7,9-10H,2-3,8,11H2,1H3. The van der Waals surface area contributed by atoms with Gasteiger partial charge >= 0.3 is 5.97 Å². The fourth-order valence-electron chi connectivity index (χ4n) is 2.45. The molecule has 0 spiro atoms. The minimum atomic E-state index is -0.783. The van der Waals surface area contributed by atoms with E-state index in [4.69, 9.17) is 21.1 Å². The molecule has 0 bridgehead atoms. The van der Waals surface area contributed by atoms with Crippen molar-refractivity contribution < 1.29 is 18.7 Å². The maximum Gasteiger partial charge on any atom is 0.344 e. The topological polar surface area (TPSA) is 83.3 Å². The lowest BCUT2D eigenvalue weighted by Gasteiger charge is -2.11. The summed E-state index contributed by atoms with van der Waals surface area (Å²) >= 11 is 5.99. The number of benzene rings is 2. The molecule has 0 aliphatic heterocycles. The second-order valence-corrected chi connectivity index (χ2v) is 6.33. The maximum absolute atomic E-state index is 14.4. The molecule has 0 N–H and O–H groups in total. The molecule has 0 aliphatic carbocycles. The number of halogens is 2. The van der Waals surface area contributed by atoms with Crippen LogP contribution >= 0.6 is 11.6 Å². The lowest BCUT2D eigenvalue weighted by atomic mass is 10.2. The monoisotopic (exact) mass is 405 g/mol. The number of nitrogens with zero attached hydrogens (tertiary/aromatic N) is 3. The highest BCUT2D eigenvalue weighted by Crippen LogP contribution is 2.29. The van der Waals surface area contributed by atoms with Crippen LogP contribution in [0.15, 0.2) is 41.2 Å². The Kier molecular flexibility index (Phi) is 6.20. The van der Waals surface area contributed by atoms with Gasteiger partial charge in [0.25, 0.3) is 5.56 Å². The molecular formula is C19H17ClFN3O4. The summed E-state index contributed by atoms with van der Waals surface area (Å²) in [6.45, 7) is 1.87. The summed E-state index contributed by atoms with van der Waals surface area (Å²) < 4.78 is 25.6. The summed E-state index contributed by atoms with van der Waals surface area (Å²) in [4.78, 5) is 24.3. The van der Waals surface area contributed by atoms with Crippen molar-refractivity contribution in [2.75, 3.05) is 13.2 Å². The molecule has 0 aliphatic rings. The van der Waals surface area contributed by atoms with E-state index in [9.17, 15) is 14.0 Å². The van der Waals surface area contributed by atoms with Crippen molar-refractivity contribution in [3.8, 4) is 11.4 Å². The van der Waals surface area contributed by atoms with E-state index < -0.39 is 24.0 Å². The minimum Gasteiger partial charge on any atom is -0.480 e. The van der Waals surface area contributed by atoms with Crippen LogP contribution in [0.5, 0.6) is 5.75 Å². The molecule has 28 heavy (non-hydrogen) atoms. The molecule has 0 saturated carbocycles. The van der Waals surface area contributed by atoms with Gasteiger partial charge < -0.3 is 9.47 Å². The van der Waals surface area contributed by atoms with Gasteiger partial charge in [0.2, 0.25) is 0 Å². The van der Waals surface area contributed by atoms with Crippen molar-refractivity contribution >= 4 is 28.5 Å². The molecule has 3 aromatic rings. The smallest absolute Gasteiger partial charge is 0.344 e. The second kappa shape index (κ2) is 8.79. The van der Waals surface area contributed by atoms with E-state index in [2.05, 4.69) is 10.3 Å². The van der Waals surface area contributed by atoms with E-state index in [1.165, 1.54) is 6.07 Å². The predicted molar refractivity (Wildman–Crippen MR) is 101 cm³/mol. The van der Waals surface area contributed by atoms with Crippen LogP contribution in [0.2, 0.25) is 5.02 Å². The lowest BCUT2D eigenvalue weighted by molar-refractivity contribution is -0.146. The Morgan fingerprint density at radius 3 is 2.86 bits per heavy atom. The van der Waals surface area contributed by atoms with E-state index in [0.29, 0.717) is 12.1 Å². The summed E-state index contributed by atoms with van der Waals surface area (Å²) in [5, 5.41) is 7.94. The van der Waals surface area contributed by atoms with Gasteiger partial charge in [-0.15, -0.1) is 5.10 Å². The lowest BCUT2D eigenvalue weighted by Crippen LogP contribution is -2.23. The van der Waals surface area contributed by atoms with Crippen LogP contribution in [0.25, 0.3) is 16.6 Å². The number of hydrogen-bond donors (Lipinski definition) is 0. The average Bonchev–Trinajstić information content (AvgIpc) is 2.68. The summed E-state index contributed by atoms with van der Waals surface area (Å²) in [5.41, 5.74) is -0.344. The highest BCUT2D eigenvalue weighted by atomic mass is 35.5. The Labute approximate surface area is 164 Å². The van der Waals surface area contributed by atoms with Gasteiger partial charge in [0.05, 0.1) is 17.0 Å². The molecule has 1 aromatic heterocycles. The van der Waals surface area contributed by atoms with Gasteiger partial charge in [-0.2, -0.15) is 4.68 Å². The van der Waals surface area contributed by atoms with Crippen LogP contribution in [0.1, 0.15) is 19.8 Å². The van der Waals surface area contributed by atoms with Crippen molar-refractivity contribution in [2.45, 2.75) is 19.8 Å². The van der Waals surface area contributed by atoms with Gasteiger partial charge in [0.1, 0.15) is 17.0 Å². The third-order valence-electron chi connectivity index (χ3n) is 3.90. The first-order valence-corrected chi connectivity index (χ1v) is 9.01. The third kappa shape index (κ3) is 4.28. The number of carbonyl (C=O) groups excluding carboxylic acids is 1. The Morgan fingerprint density at radius 1 is 1.29 bits per heavy atom. The van der Waals surface area contributed by atoms with Crippen LogP contribution in [0.3, 0.4) is 0 Å². The first-order chi connectivity index (χ1) is 13.5. The Morgan fingerprint density at radius 2 is 2.07 bits per heavy atom. The van der Waals surface area contributed by atoms with Crippen molar-refractivity contribution in [1.82, 2.24) is 15.0 Å². The number of hydrogen-bond acceptors (Lipinski definition) is 6. The molecular weight excluding hydrogens is 389 g/mol. The molecule has 0 amide bonds. The normalized spacial score (nSPS) is 10.8. The SMILES string of the molecule is CCCCOC(=O)COc1cc(-n2nnc3ccccc3c2=O)c(F)cc1Cl. The third-order valence-corrected chi connectivity index (χ3v) is 4.20. The van der Waals surface area contributed by atoms with Crippen LogP contribution in [0, 0.1) is 5.82 Å². The van der Waals surface area contributed by atoms with Gasteiger partial charge in [0, 0.05) is 6.07 Å². The molecule has 0 atom stereocenters. The molecule has 9 heteroatoms. The molecule has 0 radical (unpaired) electrons. The summed E-state index contributed by atoms with van der Waals surface area (Å²) in [6.07, 6.45) is 1.64. The van der Waals surface area contributed by atoms with Crippen molar-refractivity contribution in [1.29, 1.82) is 0 Å². The molecule has 0 saturated heterocycles. The number of carbonyl (C=O) groups is 1. The molecule has 3 rings (SSSR count). The fourth-order valence-corrected chi connectivity index (χ4v) is 2.65. The van der Waals surface area contributed by atoms with Crippen LogP contribution in [-0.2, 0) is 9.53 Å². The largest absolute Gasteiger partial charge is 0.480 e. The van der Waals surface area contributed by atoms with Gasteiger partial charge in [-0.25, -0.2) is 9.18 Å². The quantitative estimate of drug-likeness (QED) is 0.443. The van der Waals surface area contributed by atoms with Crippen molar-refractivity contribution in [3.05, 3.63) is 57.6 Å². The molecule has 0 unspecified atom stereocenters. The summed E-state index contributed by atoms with van der Waals surface area (Å²) in [6, 6.07) is 8.77. The molecule has 146 valence electrons. The maximum atomic E-state index is 14.4. The van der Waals surface area contributed by atoms with E-state index in [-0.39, 0.29) is 21.8 Å². The Bertz CT molecular complexity index is 1070. The van der Waals surface area contributed by atoms with Crippen LogP contribution in [0.4, 0.5) is 4.39 Å². The number of rotatable bonds is 7. The average molecular weight is 406 g/mol. The Balaban J connectivity index is 1.89. The van der Waals surface area contributed by atoms with E-state index in [0.717, 1.165) is 23.6 Å². The molecule has 7 nitrogen and oxygen atoms in total. The van der Waals surface area contributed by atoms with Gasteiger partial charge in [0.15, 0.2) is 12.4 Å². The first-order valence-electron chi connectivity index (χ1n) is 8.64. The number of ether oxygens (including phenoxy) is 2. The zero-order chi connectivity index (χ0) is 20.1. The van der Waals surface area contributed by atoms with Crippen LogP contribution in [-0.4, -0.2) is 34.2 Å². The van der Waals surface area contributed by atoms with E-state index in [1.54, 1.807) is 24.3 Å². The second-order valence-electron chi connectivity index (χ2n) is 5.92. The van der Waals surface area contributed by atoms with Crippen molar-refractivity contribution in [3.63, 3.8) is 0 Å². The van der Waals surface area contributed by atoms with Gasteiger partial charge in [-0.3, -0.25) is 4.79 Å². The first kappa shape index (κ1) is 19.8. The number of aromatic nitrogens is 3. The van der Waals surface area contributed by atoms with Crippen molar-refractivity contribution in [2.24, 2.45) is 0 Å². The zero-order valence-corrected chi connectivity index (χ0v) is 15.8. The number of esters is 1. The highest BCUT2D eigenvalue weighted by Gasteiger charge is 2.16. The van der Waals surface area contributed by atoms with E-state index >= 15 is 0 Å². The summed E-state index contributed by atoms with van der Waals surface area (Å²) in [7, 11) is 0. The highest BCUT2D eigenvalue weighted by molar-refractivity contribution is 6.32. The van der Waals surface area contributed by atoms with Crippen LogP contribution < -0.4 is 10.3 Å². The van der Waals surface area contributed by atoms with E-state index in [1.807, 2.05) is 6.92 Å². The van der Waals surface area contributed by atoms with Gasteiger partial charge in [-0.1, -0.05) is 42.3 Å². The summed E-state index contributed by atoms with van der Waals surface area (Å²) in [5.74, 6) is -1.33. The number of unbranched alkanes of at least 4 members (excludes halogenated alkanes) is 1. The molecule has 2 aromatic carbocycles. The zero-order valence-electron chi connectivity index (χ0n) is 15.0. The predicted octanol–water partition coefficient (Wildman–Crippen LogP) is 3.30. The Hall–Kier alpha value is -3.00. The van der Waals surface area contributed by atoms with Gasteiger partial charge in [-0.05, 0) is 24.6 Å². The molecule has 1 heterocycles. The minimum absolute atomic E-state index is 0.0207. The number of fused-ring (bicyclic) bond motifs is 1.